The number of aliphatic hydroxyl groups is 1. The smallest absolute Gasteiger partial charge is 0.186 e. The molecule has 114 valence electrons. The first-order valence-electron chi connectivity index (χ1n) is 7.09. The Bertz CT molecular complexity index is 483. The molecule has 0 spiro atoms. The van der Waals surface area contributed by atoms with Crippen molar-refractivity contribution >= 4 is 6.08 Å². The van der Waals surface area contributed by atoms with Crippen LogP contribution in [0.4, 0.5) is 0 Å². The molecular formula is C16H20O5. The molecule has 0 bridgehead atoms. The van der Waals surface area contributed by atoms with Gasteiger partial charge in [0.1, 0.15) is 18.3 Å². The highest BCUT2D eigenvalue weighted by Gasteiger charge is 2.51. The van der Waals surface area contributed by atoms with Gasteiger partial charge in [0.15, 0.2) is 12.6 Å². The van der Waals surface area contributed by atoms with E-state index < -0.39 is 30.9 Å². The normalized spacial score (nSPS) is 39.6. The first kappa shape index (κ1) is 14.7. The molecule has 2 saturated heterocycles. The first-order valence-corrected chi connectivity index (χ1v) is 7.09. The second-order valence-corrected chi connectivity index (χ2v) is 5.28. The van der Waals surface area contributed by atoms with Crippen molar-refractivity contribution in [3.63, 3.8) is 0 Å². The van der Waals surface area contributed by atoms with E-state index in [1.807, 2.05) is 42.5 Å². The molecule has 0 aromatic heterocycles. The largest absolute Gasteiger partial charge is 0.388 e. The van der Waals surface area contributed by atoms with E-state index in [2.05, 4.69) is 0 Å². The maximum absolute atomic E-state index is 10.2. The Morgan fingerprint density at radius 1 is 1.10 bits per heavy atom. The van der Waals surface area contributed by atoms with Crippen molar-refractivity contribution in [3.8, 4) is 0 Å². The molecule has 2 aliphatic rings. The maximum atomic E-state index is 10.2. The average molecular weight is 292 g/mol. The molecule has 6 atom stereocenters. The topological polar surface area (TPSA) is 57.2 Å². The first-order chi connectivity index (χ1) is 10.2. The van der Waals surface area contributed by atoms with E-state index in [0.717, 1.165) is 5.56 Å². The molecule has 0 saturated carbocycles. The molecular weight excluding hydrogens is 272 g/mol. The van der Waals surface area contributed by atoms with E-state index in [4.69, 9.17) is 18.9 Å². The van der Waals surface area contributed by atoms with Gasteiger partial charge in [-0.1, -0.05) is 36.4 Å². The molecule has 1 aromatic rings. The summed E-state index contributed by atoms with van der Waals surface area (Å²) in [6.45, 7) is 1.80. The molecule has 0 aliphatic carbocycles. The number of ether oxygens (including phenoxy) is 4. The Kier molecular flexibility index (Phi) is 4.37. The van der Waals surface area contributed by atoms with Crippen LogP contribution in [0, 0.1) is 0 Å². The second kappa shape index (κ2) is 6.25. The third kappa shape index (κ3) is 3.02. The van der Waals surface area contributed by atoms with Crippen molar-refractivity contribution in [2.45, 2.75) is 43.9 Å². The standard InChI is InChI=1S/C16H20O5/c1-10-13(17)14-15(16(18-2)19-10)21-12(20-14)9-8-11-6-4-3-5-7-11/h3-10,12-17H,1-2H3/b9-8+/t10-,12?,13-,14+,15+,16+/m0/s1. The van der Waals surface area contributed by atoms with Gasteiger partial charge in [-0.05, 0) is 18.6 Å². The number of aliphatic hydroxyl groups excluding tert-OH is 1. The minimum absolute atomic E-state index is 0.350. The summed E-state index contributed by atoms with van der Waals surface area (Å²) < 4.78 is 22.4. The Morgan fingerprint density at radius 3 is 2.52 bits per heavy atom. The average Bonchev–Trinajstić information content (AvgIpc) is 2.94. The Balaban J connectivity index is 1.70. The summed E-state index contributed by atoms with van der Waals surface area (Å²) >= 11 is 0. The van der Waals surface area contributed by atoms with Gasteiger partial charge < -0.3 is 24.1 Å². The third-order valence-electron chi connectivity index (χ3n) is 3.82. The number of hydrogen-bond donors (Lipinski definition) is 1. The van der Waals surface area contributed by atoms with Crippen LogP contribution in [0.3, 0.4) is 0 Å². The van der Waals surface area contributed by atoms with E-state index >= 15 is 0 Å². The van der Waals surface area contributed by atoms with Gasteiger partial charge in [-0.15, -0.1) is 0 Å². The highest BCUT2D eigenvalue weighted by molar-refractivity contribution is 5.49. The van der Waals surface area contributed by atoms with Crippen LogP contribution in [0.25, 0.3) is 6.08 Å². The number of rotatable bonds is 3. The lowest BCUT2D eigenvalue weighted by molar-refractivity contribution is -0.261. The summed E-state index contributed by atoms with van der Waals surface area (Å²) in [5, 5.41) is 10.2. The predicted molar refractivity (Wildman–Crippen MR) is 76.4 cm³/mol. The fourth-order valence-electron chi connectivity index (χ4n) is 2.66. The van der Waals surface area contributed by atoms with Crippen LogP contribution in [-0.2, 0) is 18.9 Å². The van der Waals surface area contributed by atoms with Crippen LogP contribution in [0.1, 0.15) is 12.5 Å². The molecule has 2 aliphatic heterocycles. The maximum Gasteiger partial charge on any atom is 0.186 e. The molecule has 21 heavy (non-hydrogen) atoms. The Hall–Kier alpha value is -1.24. The third-order valence-corrected chi connectivity index (χ3v) is 3.82. The van der Waals surface area contributed by atoms with Gasteiger partial charge in [0, 0.05) is 7.11 Å². The monoisotopic (exact) mass is 292 g/mol. The zero-order chi connectivity index (χ0) is 14.8. The van der Waals surface area contributed by atoms with E-state index in [-0.39, 0.29) is 6.10 Å². The molecule has 1 aromatic carbocycles. The van der Waals surface area contributed by atoms with Crippen LogP contribution in [0.5, 0.6) is 0 Å². The van der Waals surface area contributed by atoms with Crippen LogP contribution >= 0.6 is 0 Å². The van der Waals surface area contributed by atoms with Crippen molar-refractivity contribution < 1.29 is 24.1 Å². The minimum Gasteiger partial charge on any atom is -0.388 e. The number of fused-ring (bicyclic) bond motifs is 1. The minimum atomic E-state index is -0.725. The molecule has 0 amide bonds. The number of methoxy groups -OCH3 is 1. The lowest BCUT2D eigenvalue weighted by Crippen LogP contribution is -2.55. The van der Waals surface area contributed by atoms with E-state index in [9.17, 15) is 5.11 Å². The molecule has 3 rings (SSSR count). The SMILES string of the molecule is CO[C@@H]1O[C@@H](C)[C@H](O)[C@H]2OC(/C=C/c3ccccc3)O[C@@H]12. The van der Waals surface area contributed by atoms with Gasteiger partial charge in [-0.2, -0.15) is 0 Å². The van der Waals surface area contributed by atoms with Gasteiger partial charge in [0.05, 0.1) is 6.10 Å². The predicted octanol–water partition coefficient (Wildman–Crippen LogP) is 1.56. The quantitative estimate of drug-likeness (QED) is 0.916. The molecule has 5 heteroatoms. The molecule has 2 heterocycles. The van der Waals surface area contributed by atoms with Crippen molar-refractivity contribution in [2.75, 3.05) is 7.11 Å². The van der Waals surface area contributed by atoms with Crippen LogP contribution in [-0.4, -0.2) is 49.2 Å². The Morgan fingerprint density at radius 2 is 1.81 bits per heavy atom. The summed E-state index contributed by atoms with van der Waals surface area (Å²) in [7, 11) is 1.56. The van der Waals surface area contributed by atoms with E-state index in [1.54, 1.807) is 14.0 Å². The molecule has 0 radical (unpaired) electrons. The van der Waals surface area contributed by atoms with Crippen molar-refractivity contribution in [3.05, 3.63) is 42.0 Å². The number of benzene rings is 1. The highest BCUT2D eigenvalue weighted by Crippen LogP contribution is 2.33. The van der Waals surface area contributed by atoms with Gasteiger partial charge in [-0.25, -0.2) is 0 Å². The summed E-state index contributed by atoms with van der Waals surface area (Å²) in [6, 6.07) is 9.89. The lowest BCUT2D eigenvalue weighted by Gasteiger charge is -2.37. The van der Waals surface area contributed by atoms with Crippen molar-refractivity contribution in [1.82, 2.24) is 0 Å². The molecule has 5 nitrogen and oxygen atoms in total. The molecule has 2 fully saturated rings. The lowest BCUT2D eigenvalue weighted by atomic mass is 10.0. The van der Waals surface area contributed by atoms with Crippen molar-refractivity contribution in [2.24, 2.45) is 0 Å². The van der Waals surface area contributed by atoms with Crippen molar-refractivity contribution in [1.29, 1.82) is 0 Å². The van der Waals surface area contributed by atoms with Crippen LogP contribution in [0.2, 0.25) is 0 Å². The summed E-state index contributed by atoms with van der Waals surface area (Å²) in [6.07, 6.45) is 0.784. The van der Waals surface area contributed by atoms with Crippen LogP contribution in [0.15, 0.2) is 36.4 Å². The Labute approximate surface area is 124 Å². The van der Waals surface area contributed by atoms with Gasteiger partial charge in [-0.3, -0.25) is 0 Å². The molecule has 1 N–H and O–H groups in total. The summed E-state index contributed by atoms with van der Waals surface area (Å²) in [5.41, 5.74) is 1.06. The van der Waals surface area contributed by atoms with Gasteiger partial charge in [0.2, 0.25) is 0 Å². The number of hydrogen-bond acceptors (Lipinski definition) is 5. The summed E-state index contributed by atoms with van der Waals surface area (Å²) in [5.74, 6) is 0. The van der Waals surface area contributed by atoms with Gasteiger partial charge >= 0.3 is 0 Å². The van der Waals surface area contributed by atoms with Gasteiger partial charge in [0.25, 0.3) is 0 Å². The zero-order valence-corrected chi connectivity index (χ0v) is 12.1. The molecule has 1 unspecified atom stereocenters. The fourth-order valence-corrected chi connectivity index (χ4v) is 2.66. The zero-order valence-electron chi connectivity index (χ0n) is 12.1. The fraction of sp³-hybridized carbons (Fsp3) is 0.500. The second-order valence-electron chi connectivity index (χ2n) is 5.28. The van der Waals surface area contributed by atoms with Crippen LogP contribution < -0.4 is 0 Å². The highest BCUT2D eigenvalue weighted by atomic mass is 16.8. The van der Waals surface area contributed by atoms with E-state index in [0.29, 0.717) is 0 Å². The summed E-state index contributed by atoms with van der Waals surface area (Å²) in [4.78, 5) is 0. The van der Waals surface area contributed by atoms with E-state index in [1.165, 1.54) is 0 Å².